The van der Waals surface area contributed by atoms with E-state index in [0.717, 1.165) is 16.9 Å². The average molecular weight is 507 g/mol. The number of hydrogen-bond donors (Lipinski definition) is 1. The molecule has 0 heterocycles. The van der Waals surface area contributed by atoms with E-state index in [2.05, 4.69) is 5.32 Å². The van der Waals surface area contributed by atoms with Crippen LogP contribution in [0.2, 0.25) is 5.02 Å². The Morgan fingerprint density at radius 1 is 0.917 bits per heavy atom. The van der Waals surface area contributed by atoms with Gasteiger partial charge in [0.2, 0.25) is 11.8 Å². The molecule has 0 spiro atoms. The highest BCUT2D eigenvalue weighted by atomic mass is 35.5. The fourth-order valence-corrected chi connectivity index (χ4v) is 4.10. The van der Waals surface area contributed by atoms with Crippen LogP contribution in [0, 0.1) is 5.92 Å². The topological polar surface area (TPSA) is 58.6 Å². The SMILES string of the molecule is CC(C)CNC(=O)[C@@H](Cc1ccccc1)N(Cc1cccc(Cl)c1)C(=O)CCCOc1ccccc1. The van der Waals surface area contributed by atoms with Gasteiger partial charge >= 0.3 is 0 Å². The molecule has 0 saturated heterocycles. The average Bonchev–Trinajstić information content (AvgIpc) is 2.88. The summed E-state index contributed by atoms with van der Waals surface area (Å²) in [6.45, 7) is 5.37. The highest BCUT2D eigenvalue weighted by Crippen LogP contribution is 2.19. The summed E-state index contributed by atoms with van der Waals surface area (Å²) in [5.41, 5.74) is 1.88. The number of ether oxygens (including phenoxy) is 1. The molecule has 5 nitrogen and oxygen atoms in total. The van der Waals surface area contributed by atoms with Crippen LogP contribution in [0.15, 0.2) is 84.9 Å². The van der Waals surface area contributed by atoms with Crippen LogP contribution in [0.4, 0.5) is 0 Å². The van der Waals surface area contributed by atoms with Gasteiger partial charge in [0.15, 0.2) is 0 Å². The van der Waals surface area contributed by atoms with Gasteiger partial charge < -0.3 is 15.0 Å². The second kappa shape index (κ2) is 14.3. The zero-order valence-corrected chi connectivity index (χ0v) is 21.8. The number of carbonyl (C=O) groups excluding carboxylic acids is 2. The molecule has 6 heteroatoms. The Bertz CT molecular complexity index is 1090. The molecule has 3 rings (SSSR count). The smallest absolute Gasteiger partial charge is 0.243 e. The van der Waals surface area contributed by atoms with Gasteiger partial charge in [-0.05, 0) is 47.7 Å². The predicted octanol–water partition coefficient (Wildman–Crippen LogP) is 5.91. The van der Waals surface area contributed by atoms with Crippen LogP contribution < -0.4 is 10.1 Å². The molecule has 0 aromatic heterocycles. The second-order valence-electron chi connectivity index (χ2n) is 9.26. The van der Waals surface area contributed by atoms with Gasteiger partial charge in [-0.2, -0.15) is 0 Å². The van der Waals surface area contributed by atoms with Crippen LogP contribution in [0.25, 0.3) is 0 Å². The first-order valence-electron chi connectivity index (χ1n) is 12.5. The highest BCUT2D eigenvalue weighted by Gasteiger charge is 2.30. The largest absolute Gasteiger partial charge is 0.494 e. The van der Waals surface area contributed by atoms with Crippen molar-refractivity contribution in [1.29, 1.82) is 0 Å². The third-order valence-corrected chi connectivity index (χ3v) is 5.98. The maximum Gasteiger partial charge on any atom is 0.243 e. The first-order valence-corrected chi connectivity index (χ1v) is 12.8. The molecule has 0 unspecified atom stereocenters. The molecule has 1 atom stereocenters. The van der Waals surface area contributed by atoms with Crippen molar-refractivity contribution in [1.82, 2.24) is 10.2 Å². The van der Waals surface area contributed by atoms with Crippen LogP contribution in [0.5, 0.6) is 5.75 Å². The van der Waals surface area contributed by atoms with Crippen LogP contribution in [-0.2, 0) is 22.6 Å². The Hall–Kier alpha value is -3.31. The first kappa shape index (κ1) is 27.3. The number of rotatable bonds is 13. The summed E-state index contributed by atoms with van der Waals surface area (Å²) in [5.74, 6) is 0.838. The van der Waals surface area contributed by atoms with E-state index in [1.165, 1.54) is 0 Å². The lowest BCUT2D eigenvalue weighted by Crippen LogP contribution is -2.51. The summed E-state index contributed by atoms with van der Waals surface area (Å²) in [4.78, 5) is 28.7. The third kappa shape index (κ3) is 9.04. The van der Waals surface area contributed by atoms with Crippen molar-refractivity contribution in [2.24, 2.45) is 5.92 Å². The lowest BCUT2D eigenvalue weighted by atomic mass is 10.0. The molecule has 0 fully saturated rings. The summed E-state index contributed by atoms with van der Waals surface area (Å²) in [6, 6.07) is 26.1. The Labute approximate surface area is 219 Å². The van der Waals surface area contributed by atoms with Crippen molar-refractivity contribution >= 4 is 23.4 Å². The van der Waals surface area contributed by atoms with Gasteiger partial charge in [-0.3, -0.25) is 9.59 Å². The summed E-state index contributed by atoms with van der Waals surface area (Å²) < 4.78 is 5.77. The number of nitrogens with zero attached hydrogens (tertiary/aromatic N) is 1. The quantitative estimate of drug-likeness (QED) is 0.293. The standard InChI is InChI=1S/C30H35ClN2O3/c1-23(2)21-32-30(35)28(20-24-11-5-3-6-12-24)33(22-25-13-9-14-26(31)19-25)29(34)17-10-18-36-27-15-7-4-8-16-27/h3-9,11-16,19,23,28H,10,17-18,20-22H2,1-2H3,(H,32,35)/t28-/m1/s1. The van der Waals surface area contributed by atoms with E-state index in [4.69, 9.17) is 16.3 Å². The molecule has 190 valence electrons. The number of hydrogen-bond acceptors (Lipinski definition) is 3. The van der Waals surface area contributed by atoms with E-state index < -0.39 is 6.04 Å². The van der Waals surface area contributed by atoms with Crippen molar-refractivity contribution in [3.8, 4) is 5.75 Å². The Balaban J connectivity index is 1.79. The molecule has 0 saturated carbocycles. The molecule has 36 heavy (non-hydrogen) atoms. The number of halogens is 1. The minimum Gasteiger partial charge on any atom is -0.494 e. The normalized spacial score (nSPS) is 11.7. The molecule has 3 aromatic carbocycles. The Kier molecular flexibility index (Phi) is 10.8. The van der Waals surface area contributed by atoms with E-state index in [-0.39, 0.29) is 18.2 Å². The molecular weight excluding hydrogens is 472 g/mol. The van der Waals surface area contributed by atoms with E-state index >= 15 is 0 Å². The maximum absolute atomic E-state index is 13.6. The minimum absolute atomic E-state index is 0.0905. The van der Waals surface area contributed by atoms with E-state index in [0.29, 0.717) is 43.5 Å². The summed E-state index contributed by atoms with van der Waals surface area (Å²) in [5, 5.41) is 3.64. The number of para-hydroxylation sites is 1. The Morgan fingerprint density at radius 2 is 1.58 bits per heavy atom. The lowest BCUT2D eigenvalue weighted by molar-refractivity contribution is -0.141. The van der Waals surface area contributed by atoms with Crippen molar-refractivity contribution in [2.75, 3.05) is 13.2 Å². The number of carbonyl (C=O) groups is 2. The van der Waals surface area contributed by atoms with E-state index in [1.807, 2.05) is 92.7 Å². The summed E-state index contributed by atoms with van der Waals surface area (Å²) in [6.07, 6.45) is 1.25. The van der Waals surface area contributed by atoms with Gasteiger partial charge in [0, 0.05) is 31.0 Å². The molecule has 0 radical (unpaired) electrons. The lowest BCUT2D eigenvalue weighted by Gasteiger charge is -2.32. The van der Waals surface area contributed by atoms with Gasteiger partial charge in [-0.1, -0.05) is 86.1 Å². The number of benzene rings is 3. The number of nitrogens with one attached hydrogen (secondary N) is 1. The summed E-state index contributed by atoms with van der Waals surface area (Å²) in [7, 11) is 0. The predicted molar refractivity (Wildman–Crippen MR) is 145 cm³/mol. The molecule has 0 aliphatic carbocycles. The van der Waals surface area contributed by atoms with Crippen molar-refractivity contribution in [2.45, 2.75) is 45.7 Å². The fourth-order valence-electron chi connectivity index (χ4n) is 3.88. The zero-order chi connectivity index (χ0) is 25.8. The molecule has 3 aromatic rings. The first-order chi connectivity index (χ1) is 17.4. The van der Waals surface area contributed by atoms with Crippen LogP contribution >= 0.6 is 11.6 Å². The molecule has 2 amide bonds. The third-order valence-electron chi connectivity index (χ3n) is 5.74. The fraction of sp³-hybridized carbons (Fsp3) is 0.333. The van der Waals surface area contributed by atoms with Crippen molar-refractivity contribution in [3.63, 3.8) is 0 Å². The van der Waals surface area contributed by atoms with Gasteiger partial charge in [0.1, 0.15) is 11.8 Å². The highest BCUT2D eigenvalue weighted by molar-refractivity contribution is 6.30. The van der Waals surface area contributed by atoms with Gasteiger partial charge in [-0.15, -0.1) is 0 Å². The second-order valence-corrected chi connectivity index (χ2v) is 9.70. The Morgan fingerprint density at radius 3 is 2.25 bits per heavy atom. The molecule has 1 N–H and O–H groups in total. The molecule has 0 aliphatic rings. The maximum atomic E-state index is 13.6. The van der Waals surface area contributed by atoms with Crippen molar-refractivity contribution in [3.05, 3.63) is 101 Å². The monoisotopic (exact) mass is 506 g/mol. The van der Waals surface area contributed by atoms with E-state index in [9.17, 15) is 9.59 Å². The van der Waals surface area contributed by atoms with Gasteiger partial charge in [-0.25, -0.2) is 0 Å². The molecular formula is C30H35ClN2O3. The van der Waals surface area contributed by atoms with Crippen LogP contribution in [-0.4, -0.2) is 35.9 Å². The van der Waals surface area contributed by atoms with Gasteiger partial charge in [0.25, 0.3) is 0 Å². The molecule has 0 bridgehead atoms. The summed E-state index contributed by atoms with van der Waals surface area (Å²) >= 11 is 6.23. The number of amides is 2. The van der Waals surface area contributed by atoms with Gasteiger partial charge in [0.05, 0.1) is 6.61 Å². The van der Waals surface area contributed by atoms with Crippen LogP contribution in [0.1, 0.15) is 37.8 Å². The zero-order valence-electron chi connectivity index (χ0n) is 21.0. The van der Waals surface area contributed by atoms with Crippen LogP contribution in [0.3, 0.4) is 0 Å². The van der Waals surface area contributed by atoms with Crippen molar-refractivity contribution < 1.29 is 14.3 Å². The molecule has 0 aliphatic heterocycles. The minimum atomic E-state index is -0.646. The van der Waals surface area contributed by atoms with E-state index in [1.54, 1.807) is 11.0 Å².